The number of aryl methyl sites for hydroxylation is 1. The van der Waals surface area contributed by atoms with Gasteiger partial charge in [0.2, 0.25) is 0 Å². The standard InChI is InChI=1S/C25H30N4O/c1-17(2)30-23-16-21(19-9-12-26-13-10-19)18(3)15-22(23)28-24-11-14-27-25(29-24)20-7-5-4-6-8-20/h4-8,11,14-17,19,26H,9-10,12-13H2,1-3H3,(H,27,28,29). The van der Waals surface area contributed by atoms with Gasteiger partial charge in [-0.05, 0) is 81.9 Å². The second kappa shape index (κ2) is 9.26. The number of nitrogens with one attached hydrogen (secondary N) is 2. The molecule has 0 amide bonds. The maximum Gasteiger partial charge on any atom is 0.161 e. The number of nitrogens with zero attached hydrogens (tertiary/aromatic N) is 2. The van der Waals surface area contributed by atoms with Crippen LogP contribution in [0.25, 0.3) is 11.4 Å². The molecule has 2 N–H and O–H groups in total. The Labute approximate surface area is 178 Å². The van der Waals surface area contributed by atoms with Crippen LogP contribution in [0.2, 0.25) is 0 Å². The summed E-state index contributed by atoms with van der Waals surface area (Å²) in [6.45, 7) is 8.47. The van der Waals surface area contributed by atoms with Gasteiger partial charge < -0.3 is 15.4 Å². The number of hydrogen-bond donors (Lipinski definition) is 2. The molecule has 0 aliphatic carbocycles. The van der Waals surface area contributed by atoms with E-state index in [4.69, 9.17) is 9.72 Å². The molecule has 3 aromatic rings. The van der Waals surface area contributed by atoms with Crippen molar-refractivity contribution in [3.05, 3.63) is 65.9 Å². The van der Waals surface area contributed by atoms with Crippen molar-refractivity contribution in [2.24, 2.45) is 0 Å². The first-order chi connectivity index (χ1) is 14.6. The molecule has 1 fully saturated rings. The van der Waals surface area contributed by atoms with E-state index in [1.165, 1.54) is 24.0 Å². The summed E-state index contributed by atoms with van der Waals surface area (Å²) in [4.78, 5) is 9.14. The van der Waals surface area contributed by atoms with Crippen LogP contribution in [0, 0.1) is 6.92 Å². The average Bonchev–Trinajstić information content (AvgIpc) is 2.77. The van der Waals surface area contributed by atoms with E-state index in [1.54, 1.807) is 6.20 Å². The van der Waals surface area contributed by atoms with Gasteiger partial charge in [-0.3, -0.25) is 0 Å². The molecular formula is C25H30N4O. The molecule has 156 valence electrons. The van der Waals surface area contributed by atoms with Crippen LogP contribution < -0.4 is 15.4 Å². The fourth-order valence-corrected chi connectivity index (χ4v) is 4.02. The lowest BCUT2D eigenvalue weighted by atomic mass is 9.87. The van der Waals surface area contributed by atoms with Crippen LogP contribution in [0.1, 0.15) is 43.7 Å². The monoisotopic (exact) mass is 402 g/mol. The van der Waals surface area contributed by atoms with E-state index in [9.17, 15) is 0 Å². The Balaban J connectivity index is 1.65. The molecule has 0 radical (unpaired) electrons. The zero-order chi connectivity index (χ0) is 20.9. The first-order valence-electron chi connectivity index (χ1n) is 10.8. The van der Waals surface area contributed by atoms with Crippen molar-refractivity contribution >= 4 is 11.5 Å². The van der Waals surface area contributed by atoms with E-state index >= 15 is 0 Å². The van der Waals surface area contributed by atoms with Gasteiger partial charge in [-0.15, -0.1) is 0 Å². The quantitative estimate of drug-likeness (QED) is 0.574. The van der Waals surface area contributed by atoms with E-state index in [1.807, 2.05) is 36.4 Å². The summed E-state index contributed by atoms with van der Waals surface area (Å²) in [7, 11) is 0. The maximum absolute atomic E-state index is 6.20. The van der Waals surface area contributed by atoms with Gasteiger partial charge in [-0.2, -0.15) is 0 Å². The Bertz CT molecular complexity index is 982. The summed E-state index contributed by atoms with van der Waals surface area (Å²) in [5.74, 6) is 2.92. The number of anilines is 2. The number of piperidine rings is 1. The van der Waals surface area contributed by atoms with Crippen molar-refractivity contribution < 1.29 is 4.74 Å². The highest BCUT2D eigenvalue weighted by Gasteiger charge is 2.20. The predicted octanol–water partition coefficient (Wildman–Crippen LogP) is 5.45. The van der Waals surface area contributed by atoms with Gasteiger partial charge >= 0.3 is 0 Å². The minimum absolute atomic E-state index is 0.0967. The highest BCUT2D eigenvalue weighted by molar-refractivity contribution is 5.68. The topological polar surface area (TPSA) is 59.1 Å². The van der Waals surface area contributed by atoms with Gasteiger partial charge in [0.1, 0.15) is 11.6 Å². The first-order valence-corrected chi connectivity index (χ1v) is 10.8. The van der Waals surface area contributed by atoms with E-state index in [-0.39, 0.29) is 6.10 Å². The van der Waals surface area contributed by atoms with Crippen molar-refractivity contribution in [2.45, 2.75) is 45.6 Å². The minimum atomic E-state index is 0.0967. The van der Waals surface area contributed by atoms with Crippen LogP contribution in [0.3, 0.4) is 0 Å². The van der Waals surface area contributed by atoms with Crippen molar-refractivity contribution in [1.82, 2.24) is 15.3 Å². The van der Waals surface area contributed by atoms with Gasteiger partial charge in [0.05, 0.1) is 11.8 Å². The molecule has 5 nitrogen and oxygen atoms in total. The molecule has 1 aliphatic heterocycles. The summed E-state index contributed by atoms with van der Waals surface area (Å²) in [6.07, 6.45) is 4.22. The smallest absolute Gasteiger partial charge is 0.161 e. The zero-order valence-corrected chi connectivity index (χ0v) is 18.0. The van der Waals surface area contributed by atoms with E-state index in [0.29, 0.717) is 11.7 Å². The number of benzene rings is 2. The van der Waals surface area contributed by atoms with Crippen molar-refractivity contribution in [3.63, 3.8) is 0 Å². The summed E-state index contributed by atoms with van der Waals surface area (Å²) < 4.78 is 6.20. The molecule has 4 rings (SSSR count). The zero-order valence-electron chi connectivity index (χ0n) is 18.0. The van der Waals surface area contributed by atoms with Crippen molar-refractivity contribution in [2.75, 3.05) is 18.4 Å². The van der Waals surface area contributed by atoms with Gasteiger partial charge in [0.25, 0.3) is 0 Å². The first kappa shape index (κ1) is 20.4. The lowest BCUT2D eigenvalue weighted by Gasteiger charge is -2.26. The summed E-state index contributed by atoms with van der Waals surface area (Å²) in [5.41, 5.74) is 4.62. The highest BCUT2D eigenvalue weighted by atomic mass is 16.5. The molecule has 0 spiro atoms. The number of rotatable bonds is 6. The lowest BCUT2D eigenvalue weighted by molar-refractivity contribution is 0.243. The predicted molar refractivity (Wildman–Crippen MR) is 123 cm³/mol. The largest absolute Gasteiger partial charge is 0.489 e. The number of hydrogen-bond acceptors (Lipinski definition) is 5. The molecule has 0 bridgehead atoms. The molecule has 5 heteroatoms. The SMILES string of the molecule is Cc1cc(Nc2ccnc(-c3ccccc3)n2)c(OC(C)C)cc1C1CCNCC1. The number of aromatic nitrogens is 2. The van der Waals surface area contributed by atoms with Crippen LogP contribution >= 0.6 is 0 Å². The van der Waals surface area contributed by atoms with Gasteiger partial charge in [-0.1, -0.05) is 30.3 Å². The molecule has 2 aromatic carbocycles. The second-order valence-electron chi connectivity index (χ2n) is 8.15. The third kappa shape index (κ3) is 4.79. The minimum Gasteiger partial charge on any atom is -0.489 e. The third-order valence-electron chi connectivity index (χ3n) is 5.46. The molecule has 2 heterocycles. The third-order valence-corrected chi connectivity index (χ3v) is 5.46. The molecular weight excluding hydrogens is 372 g/mol. The molecule has 0 unspecified atom stereocenters. The fraction of sp³-hybridized carbons (Fsp3) is 0.360. The Hall–Kier alpha value is -2.92. The molecule has 1 aliphatic rings. The molecule has 0 saturated carbocycles. The van der Waals surface area contributed by atoms with E-state index in [0.717, 1.165) is 35.9 Å². The van der Waals surface area contributed by atoms with Gasteiger partial charge in [-0.25, -0.2) is 9.97 Å². The van der Waals surface area contributed by atoms with Crippen molar-refractivity contribution in [1.29, 1.82) is 0 Å². The fourth-order valence-electron chi connectivity index (χ4n) is 4.02. The summed E-state index contributed by atoms with van der Waals surface area (Å²) >= 11 is 0. The van der Waals surface area contributed by atoms with Crippen LogP contribution in [0.5, 0.6) is 5.75 Å². The van der Waals surface area contributed by atoms with E-state index < -0.39 is 0 Å². The Kier molecular flexibility index (Phi) is 6.29. The summed E-state index contributed by atoms with van der Waals surface area (Å²) in [6, 6.07) is 16.3. The van der Waals surface area contributed by atoms with Crippen LogP contribution in [0.4, 0.5) is 11.5 Å². The molecule has 1 saturated heterocycles. The highest BCUT2D eigenvalue weighted by Crippen LogP contribution is 2.37. The average molecular weight is 403 g/mol. The van der Waals surface area contributed by atoms with E-state index in [2.05, 4.69) is 48.5 Å². The normalized spacial score (nSPS) is 14.7. The van der Waals surface area contributed by atoms with Crippen LogP contribution in [-0.4, -0.2) is 29.2 Å². The van der Waals surface area contributed by atoms with Gasteiger partial charge in [0, 0.05) is 11.8 Å². The lowest BCUT2D eigenvalue weighted by Crippen LogP contribution is -2.27. The Morgan fingerprint density at radius 3 is 2.57 bits per heavy atom. The van der Waals surface area contributed by atoms with Gasteiger partial charge in [0.15, 0.2) is 5.82 Å². The van der Waals surface area contributed by atoms with Crippen molar-refractivity contribution in [3.8, 4) is 17.1 Å². The Morgan fingerprint density at radius 2 is 1.83 bits per heavy atom. The van der Waals surface area contributed by atoms with Crippen LogP contribution in [-0.2, 0) is 0 Å². The number of ether oxygens (including phenoxy) is 1. The molecule has 0 atom stereocenters. The van der Waals surface area contributed by atoms with Crippen LogP contribution in [0.15, 0.2) is 54.7 Å². The second-order valence-corrected chi connectivity index (χ2v) is 8.15. The summed E-state index contributed by atoms with van der Waals surface area (Å²) in [5, 5.41) is 6.93. The Morgan fingerprint density at radius 1 is 1.07 bits per heavy atom. The molecule has 1 aromatic heterocycles. The maximum atomic E-state index is 6.20. The molecule has 30 heavy (non-hydrogen) atoms.